The SMILES string of the molecule is CCCc1nc(C)c(C(=O)[C@@H](C#N)c2nc3ccccc3o2)s1. The van der Waals surface area contributed by atoms with Gasteiger partial charge in [-0.2, -0.15) is 5.26 Å². The number of rotatable bonds is 5. The van der Waals surface area contributed by atoms with E-state index in [9.17, 15) is 10.1 Å². The van der Waals surface area contributed by atoms with Crippen LogP contribution in [0, 0.1) is 18.3 Å². The molecule has 2 aromatic heterocycles. The largest absolute Gasteiger partial charge is 0.439 e. The quantitative estimate of drug-likeness (QED) is 0.661. The van der Waals surface area contributed by atoms with Gasteiger partial charge in [-0.3, -0.25) is 4.79 Å². The Labute approximate surface area is 137 Å². The van der Waals surface area contributed by atoms with Crippen LogP contribution in [0.5, 0.6) is 0 Å². The molecular formula is C17H15N3O2S. The maximum absolute atomic E-state index is 12.7. The van der Waals surface area contributed by atoms with Gasteiger partial charge in [0.1, 0.15) is 5.52 Å². The van der Waals surface area contributed by atoms with Gasteiger partial charge in [-0.1, -0.05) is 19.1 Å². The minimum Gasteiger partial charge on any atom is -0.439 e. The number of ketones is 1. The number of carbonyl (C=O) groups is 1. The third-order valence-corrected chi connectivity index (χ3v) is 4.71. The third-order valence-electron chi connectivity index (χ3n) is 3.48. The van der Waals surface area contributed by atoms with E-state index in [1.165, 1.54) is 11.3 Å². The van der Waals surface area contributed by atoms with E-state index in [-0.39, 0.29) is 11.7 Å². The lowest BCUT2D eigenvalue weighted by atomic mass is 10.0. The molecule has 5 nitrogen and oxygen atoms in total. The molecule has 0 unspecified atom stereocenters. The minimum absolute atomic E-state index is 0.142. The normalized spacial score (nSPS) is 12.2. The number of aryl methyl sites for hydroxylation is 2. The van der Waals surface area contributed by atoms with Gasteiger partial charge >= 0.3 is 0 Å². The smallest absolute Gasteiger partial charge is 0.220 e. The highest BCUT2D eigenvalue weighted by Gasteiger charge is 2.30. The fourth-order valence-electron chi connectivity index (χ4n) is 2.37. The first-order valence-electron chi connectivity index (χ1n) is 7.39. The number of fused-ring (bicyclic) bond motifs is 1. The maximum Gasteiger partial charge on any atom is 0.220 e. The summed E-state index contributed by atoms with van der Waals surface area (Å²) in [5.41, 5.74) is 1.88. The van der Waals surface area contributed by atoms with Crippen LogP contribution in [-0.2, 0) is 6.42 Å². The van der Waals surface area contributed by atoms with E-state index < -0.39 is 5.92 Å². The number of carbonyl (C=O) groups excluding carboxylic acids is 1. The summed E-state index contributed by atoms with van der Waals surface area (Å²) < 4.78 is 5.59. The number of para-hydroxylation sites is 2. The van der Waals surface area contributed by atoms with Gasteiger partial charge in [0.25, 0.3) is 0 Å². The Morgan fingerprint density at radius 3 is 2.87 bits per heavy atom. The zero-order valence-electron chi connectivity index (χ0n) is 12.9. The summed E-state index contributed by atoms with van der Waals surface area (Å²) in [6.45, 7) is 3.86. The molecule has 0 fully saturated rings. The molecular weight excluding hydrogens is 310 g/mol. The average molecular weight is 325 g/mol. The van der Waals surface area contributed by atoms with Crippen molar-refractivity contribution in [1.82, 2.24) is 9.97 Å². The Balaban J connectivity index is 1.97. The van der Waals surface area contributed by atoms with E-state index in [2.05, 4.69) is 16.9 Å². The number of Topliss-reactive ketones (excluding diaryl/α,β-unsaturated/α-hetero) is 1. The second-order valence-electron chi connectivity index (χ2n) is 5.22. The van der Waals surface area contributed by atoms with Gasteiger partial charge in [-0.15, -0.1) is 11.3 Å². The number of thiazole rings is 1. The van der Waals surface area contributed by atoms with Gasteiger partial charge in [-0.25, -0.2) is 9.97 Å². The number of nitrogens with zero attached hydrogens (tertiary/aromatic N) is 3. The summed E-state index contributed by atoms with van der Waals surface area (Å²) in [6.07, 6.45) is 1.80. The molecule has 0 spiro atoms. The van der Waals surface area contributed by atoms with Crippen molar-refractivity contribution in [3.63, 3.8) is 0 Å². The molecule has 23 heavy (non-hydrogen) atoms. The molecule has 116 valence electrons. The van der Waals surface area contributed by atoms with Crippen LogP contribution in [0.15, 0.2) is 28.7 Å². The fraction of sp³-hybridized carbons (Fsp3) is 0.294. The Bertz CT molecular complexity index is 871. The van der Waals surface area contributed by atoms with Crippen molar-refractivity contribution in [2.75, 3.05) is 0 Å². The lowest BCUT2D eigenvalue weighted by molar-refractivity contribution is 0.0973. The number of oxazole rings is 1. The molecule has 0 bridgehead atoms. The number of nitriles is 1. The maximum atomic E-state index is 12.7. The summed E-state index contributed by atoms with van der Waals surface area (Å²) in [7, 11) is 0. The molecule has 2 heterocycles. The van der Waals surface area contributed by atoms with Crippen molar-refractivity contribution in [1.29, 1.82) is 5.26 Å². The zero-order chi connectivity index (χ0) is 16.4. The van der Waals surface area contributed by atoms with Crippen molar-refractivity contribution < 1.29 is 9.21 Å². The van der Waals surface area contributed by atoms with Crippen LogP contribution in [0.4, 0.5) is 0 Å². The van der Waals surface area contributed by atoms with Crippen LogP contribution in [0.25, 0.3) is 11.1 Å². The Hall–Kier alpha value is -2.52. The van der Waals surface area contributed by atoms with E-state index >= 15 is 0 Å². The molecule has 3 rings (SSSR count). The number of hydrogen-bond acceptors (Lipinski definition) is 6. The van der Waals surface area contributed by atoms with Gasteiger partial charge in [0.2, 0.25) is 11.7 Å². The van der Waals surface area contributed by atoms with Crippen molar-refractivity contribution in [3.05, 3.63) is 45.7 Å². The molecule has 0 aliphatic rings. The van der Waals surface area contributed by atoms with Gasteiger partial charge < -0.3 is 4.42 Å². The topological polar surface area (TPSA) is 79.8 Å². The molecule has 0 N–H and O–H groups in total. The second-order valence-corrected chi connectivity index (χ2v) is 6.30. The van der Waals surface area contributed by atoms with E-state index in [0.29, 0.717) is 21.7 Å². The molecule has 0 radical (unpaired) electrons. The average Bonchev–Trinajstić information content (AvgIpc) is 3.11. The molecule has 0 saturated heterocycles. The molecule has 0 amide bonds. The van der Waals surface area contributed by atoms with Crippen molar-refractivity contribution in [2.24, 2.45) is 0 Å². The number of aromatic nitrogens is 2. The van der Waals surface area contributed by atoms with Gasteiger partial charge in [0, 0.05) is 0 Å². The Morgan fingerprint density at radius 1 is 1.39 bits per heavy atom. The molecule has 3 aromatic rings. The monoisotopic (exact) mass is 325 g/mol. The summed E-state index contributed by atoms with van der Waals surface area (Å²) in [4.78, 5) is 21.9. The standard InChI is InChI=1S/C17H15N3O2S/c1-3-6-14-19-10(2)16(23-14)15(21)11(9-18)17-20-12-7-4-5-8-13(12)22-17/h4-5,7-8,11H,3,6H2,1-2H3/t11-/m1/s1. The molecule has 0 aliphatic heterocycles. The van der Waals surface area contributed by atoms with Crippen LogP contribution < -0.4 is 0 Å². The predicted octanol–water partition coefficient (Wildman–Crippen LogP) is 4.04. The van der Waals surface area contributed by atoms with Crippen LogP contribution in [0.3, 0.4) is 0 Å². The third kappa shape index (κ3) is 2.88. The molecule has 1 atom stereocenters. The van der Waals surface area contributed by atoms with Gasteiger partial charge in [-0.05, 0) is 31.9 Å². The van der Waals surface area contributed by atoms with E-state index in [1.54, 1.807) is 19.1 Å². The van der Waals surface area contributed by atoms with Crippen LogP contribution in [0.1, 0.15) is 45.5 Å². The van der Waals surface area contributed by atoms with Crippen molar-refractivity contribution in [3.8, 4) is 6.07 Å². The Kier molecular flexibility index (Phi) is 4.22. The van der Waals surface area contributed by atoms with Gasteiger partial charge in [0.15, 0.2) is 11.5 Å². The van der Waals surface area contributed by atoms with E-state index in [0.717, 1.165) is 17.8 Å². The Morgan fingerprint density at radius 2 is 2.17 bits per heavy atom. The minimum atomic E-state index is -1.05. The van der Waals surface area contributed by atoms with Crippen molar-refractivity contribution in [2.45, 2.75) is 32.6 Å². The summed E-state index contributed by atoms with van der Waals surface area (Å²) in [6, 6.07) is 9.24. The number of hydrogen-bond donors (Lipinski definition) is 0. The predicted molar refractivity (Wildman–Crippen MR) is 87.5 cm³/mol. The van der Waals surface area contributed by atoms with E-state index in [4.69, 9.17) is 4.42 Å². The zero-order valence-corrected chi connectivity index (χ0v) is 13.7. The molecule has 1 aromatic carbocycles. The first-order valence-corrected chi connectivity index (χ1v) is 8.21. The second kappa shape index (κ2) is 6.31. The molecule has 0 saturated carbocycles. The summed E-state index contributed by atoms with van der Waals surface area (Å²) in [5, 5.41) is 10.4. The first kappa shape index (κ1) is 15.4. The lowest BCUT2D eigenvalue weighted by Gasteiger charge is -2.02. The number of benzene rings is 1. The van der Waals surface area contributed by atoms with Gasteiger partial charge in [0.05, 0.1) is 21.6 Å². The first-order chi connectivity index (χ1) is 11.1. The van der Waals surface area contributed by atoms with Crippen LogP contribution >= 0.6 is 11.3 Å². The highest BCUT2D eigenvalue weighted by Crippen LogP contribution is 2.28. The van der Waals surface area contributed by atoms with Crippen LogP contribution in [0.2, 0.25) is 0 Å². The fourth-order valence-corrected chi connectivity index (χ4v) is 3.51. The highest BCUT2D eigenvalue weighted by atomic mass is 32.1. The molecule has 0 aliphatic carbocycles. The van der Waals surface area contributed by atoms with Crippen molar-refractivity contribution >= 4 is 28.2 Å². The summed E-state index contributed by atoms with van der Waals surface area (Å²) in [5.74, 6) is -1.20. The summed E-state index contributed by atoms with van der Waals surface area (Å²) >= 11 is 1.36. The molecule has 6 heteroatoms. The lowest BCUT2D eigenvalue weighted by Crippen LogP contribution is -2.11. The highest BCUT2D eigenvalue weighted by molar-refractivity contribution is 7.13. The van der Waals surface area contributed by atoms with Crippen LogP contribution in [-0.4, -0.2) is 15.8 Å². The van der Waals surface area contributed by atoms with E-state index in [1.807, 2.05) is 18.2 Å².